The second kappa shape index (κ2) is 4.90. The van der Waals surface area contributed by atoms with E-state index in [9.17, 15) is 10.1 Å². The molecule has 5 nitrogen and oxygen atoms in total. The second-order valence-corrected chi connectivity index (χ2v) is 5.01. The summed E-state index contributed by atoms with van der Waals surface area (Å²) in [6.07, 6.45) is 1.02. The first-order chi connectivity index (χ1) is 7.69. The molecule has 1 saturated heterocycles. The summed E-state index contributed by atoms with van der Waals surface area (Å²) in [5, 5.41) is 21.6. The minimum Gasteiger partial charge on any atom is -0.396 e. The average Bonchev–Trinajstić information content (AvgIpc) is 2.87. The lowest BCUT2D eigenvalue weighted by atomic mass is 10.1. The van der Waals surface area contributed by atoms with Gasteiger partial charge < -0.3 is 5.11 Å². The molecule has 88 valence electrons. The van der Waals surface area contributed by atoms with Gasteiger partial charge in [-0.05, 0) is 24.4 Å². The predicted molar refractivity (Wildman–Crippen MR) is 61.4 cm³/mol. The van der Waals surface area contributed by atoms with E-state index in [-0.39, 0.29) is 16.5 Å². The first-order valence-electron chi connectivity index (χ1n) is 5.24. The van der Waals surface area contributed by atoms with E-state index in [2.05, 4.69) is 4.90 Å². The number of likely N-dealkylation sites (tertiary alicyclic amines) is 1. The summed E-state index contributed by atoms with van der Waals surface area (Å²) in [6, 6.07) is 1.64. The van der Waals surface area contributed by atoms with Gasteiger partial charge in [-0.15, -0.1) is 0 Å². The molecular formula is C10H14N2O3S. The van der Waals surface area contributed by atoms with Gasteiger partial charge in [-0.3, -0.25) is 15.0 Å². The summed E-state index contributed by atoms with van der Waals surface area (Å²) in [4.78, 5) is 12.4. The molecule has 1 N–H and O–H groups in total. The number of hydrogen-bond acceptors (Lipinski definition) is 5. The van der Waals surface area contributed by atoms with Crippen LogP contribution in [-0.4, -0.2) is 34.6 Å². The Hall–Kier alpha value is -0.980. The van der Waals surface area contributed by atoms with Gasteiger partial charge in [0.05, 0.1) is 4.92 Å². The van der Waals surface area contributed by atoms with Crippen molar-refractivity contribution in [2.45, 2.75) is 13.0 Å². The zero-order valence-corrected chi connectivity index (χ0v) is 9.65. The first kappa shape index (κ1) is 11.5. The van der Waals surface area contributed by atoms with Crippen molar-refractivity contribution in [2.24, 2.45) is 5.92 Å². The Morgan fingerprint density at radius 3 is 3.06 bits per heavy atom. The Kier molecular flexibility index (Phi) is 3.52. The smallest absolute Gasteiger partial charge is 0.324 e. The topological polar surface area (TPSA) is 66.6 Å². The fourth-order valence-electron chi connectivity index (χ4n) is 2.01. The van der Waals surface area contributed by atoms with E-state index in [1.165, 1.54) is 11.3 Å². The number of rotatable bonds is 4. The summed E-state index contributed by atoms with van der Waals surface area (Å²) >= 11 is 1.17. The number of aliphatic hydroxyl groups excluding tert-OH is 1. The van der Waals surface area contributed by atoms with Crippen molar-refractivity contribution in [3.05, 3.63) is 27.1 Å². The Labute approximate surface area is 97.5 Å². The van der Waals surface area contributed by atoms with Crippen LogP contribution in [0.1, 0.15) is 12.0 Å². The maximum Gasteiger partial charge on any atom is 0.324 e. The third-order valence-electron chi connectivity index (χ3n) is 2.85. The van der Waals surface area contributed by atoms with Crippen molar-refractivity contribution in [1.29, 1.82) is 0 Å². The quantitative estimate of drug-likeness (QED) is 0.641. The lowest BCUT2D eigenvalue weighted by Crippen LogP contribution is -2.20. The van der Waals surface area contributed by atoms with Crippen LogP contribution >= 0.6 is 11.3 Å². The van der Waals surface area contributed by atoms with Crippen molar-refractivity contribution in [1.82, 2.24) is 4.90 Å². The Balaban J connectivity index is 1.92. The van der Waals surface area contributed by atoms with E-state index in [1.54, 1.807) is 6.07 Å². The van der Waals surface area contributed by atoms with Crippen molar-refractivity contribution in [3.8, 4) is 0 Å². The van der Waals surface area contributed by atoms with Crippen LogP contribution in [0.4, 0.5) is 5.00 Å². The number of thiophene rings is 1. The highest BCUT2D eigenvalue weighted by molar-refractivity contribution is 7.13. The zero-order valence-electron chi connectivity index (χ0n) is 8.83. The molecule has 1 aliphatic rings. The third kappa shape index (κ3) is 2.58. The van der Waals surface area contributed by atoms with Crippen LogP contribution < -0.4 is 0 Å². The van der Waals surface area contributed by atoms with Crippen LogP contribution in [0.5, 0.6) is 0 Å². The van der Waals surface area contributed by atoms with Gasteiger partial charge in [0.1, 0.15) is 0 Å². The minimum atomic E-state index is -0.353. The molecule has 1 aromatic heterocycles. The van der Waals surface area contributed by atoms with E-state index >= 15 is 0 Å². The van der Waals surface area contributed by atoms with E-state index in [0.717, 1.165) is 31.6 Å². The van der Waals surface area contributed by atoms with Gasteiger partial charge >= 0.3 is 5.00 Å². The summed E-state index contributed by atoms with van der Waals surface area (Å²) in [7, 11) is 0. The van der Waals surface area contributed by atoms with E-state index in [4.69, 9.17) is 5.11 Å². The first-order valence-corrected chi connectivity index (χ1v) is 6.12. The molecule has 2 heterocycles. The summed E-state index contributed by atoms with van der Waals surface area (Å²) < 4.78 is 0. The summed E-state index contributed by atoms with van der Waals surface area (Å²) in [5.74, 6) is 0.369. The van der Waals surface area contributed by atoms with E-state index in [1.807, 2.05) is 5.38 Å². The molecule has 1 aliphatic heterocycles. The zero-order chi connectivity index (χ0) is 11.5. The highest BCUT2D eigenvalue weighted by Gasteiger charge is 2.22. The average molecular weight is 242 g/mol. The standard InChI is InChI=1S/C10H14N2O3S/c13-6-8-1-2-11(4-8)5-9-3-10(12(14)15)16-7-9/h3,7-8,13H,1-2,4-6H2. The van der Waals surface area contributed by atoms with Gasteiger partial charge in [0.2, 0.25) is 0 Å². The second-order valence-electron chi connectivity index (χ2n) is 4.12. The van der Waals surface area contributed by atoms with E-state index in [0.29, 0.717) is 5.92 Å². The molecule has 1 unspecified atom stereocenters. The molecule has 0 bridgehead atoms. The van der Waals surface area contributed by atoms with Crippen LogP contribution in [0.25, 0.3) is 0 Å². The molecule has 6 heteroatoms. The van der Waals surface area contributed by atoms with E-state index < -0.39 is 0 Å². The van der Waals surface area contributed by atoms with Crippen molar-refractivity contribution >= 4 is 16.3 Å². The fourth-order valence-corrected chi connectivity index (χ4v) is 2.73. The molecule has 0 spiro atoms. The van der Waals surface area contributed by atoms with Gasteiger partial charge in [-0.2, -0.15) is 0 Å². The fraction of sp³-hybridized carbons (Fsp3) is 0.600. The van der Waals surface area contributed by atoms with Crippen molar-refractivity contribution in [3.63, 3.8) is 0 Å². The number of hydrogen-bond donors (Lipinski definition) is 1. The van der Waals surface area contributed by atoms with Gasteiger partial charge in [0, 0.05) is 31.1 Å². The largest absolute Gasteiger partial charge is 0.396 e. The van der Waals surface area contributed by atoms with Crippen LogP contribution in [0, 0.1) is 16.0 Å². The Morgan fingerprint density at radius 2 is 2.50 bits per heavy atom. The monoisotopic (exact) mass is 242 g/mol. The van der Waals surface area contributed by atoms with Gasteiger partial charge in [0.25, 0.3) is 0 Å². The Bertz CT molecular complexity index is 380. The highest BCUT2D eigenvalue weighted by atomic mass is 32.1. The highest BCUT2D eigenvalue weighted by Crippen LogP contribution is 2.25. The van der Waals surface area contributed by atoms with Crippen LogP contribution in [0.3, 0.4) is 0 Å². The lowest BCUT2D eigenvalue weighted by Gasteiger charge is -2.13. The molecule has 0 aliphatic carbocycles. The summed E-state index contributed by atoms with van der Waals surface area (Å²) in [6.45, 7) is 2.84. The predicted octanol–water partition coefficient (Wildman–Crippen LogP) is 1.47. The third-order valence-corrected chi connectivity index (χ3v) is 3.78. The molecule has 1 fully saturated rings. The van der Waals surface area contributed by atoms with Gasteiger partial charge in [0.15, 0.2) is 0 Å². The van der Waals surface area contributed by atoms with Crippen molar-refractivity contribution < 1.29 is 10.0 Å². The molecule has 0 aromatic carbocycles. The molecule has 16 heavy (non-hydrogen) atoms. The molecule has 0 saturated carbocycles. The normalized spacial score (nSPS) is 21.4. The minimum absolute atomic E-state index is 0.202. The van der Waals surface area contributed by atoms with Crippen LogP contribution in [0.15, 0.2) is 11.4 Å². The van der Waals surface area contributed by atoms with Crippen LogP contribution in [-0.2, 0) is 6.54 Å². The number of nitro groups is 1. The SMILES string of the molecule is O=[N+]([O-])c1cc(CN2CCC(CO)C2)cs1. The maximum absolute atomic E-state index is 10.5. The molecule has 1 aromatic rings. The molecular weight excluding hydrogens is 228 g/mol. The Morgan fingerprint density at radius 1 is 1.69 bits per heavy atom. The van der Waals surface area contributed by atoms with Gasteiger partial charge in [-0.25, -0.2) is 0 Å². The molecule has 2 rings (SSSR count). The summed E-state index contributed by atoms with van der Waals surface area (Å²) in [5.41, 5.74) is 0.996. The number of nitrogens with zero attached hydrogens (tertiary/aromatic N) is 2. The maximum atomic E-state index is 10.5. The number of aliphatic hydroxyl groups is 1. The van der Waals surface area contributed by atoms with Crippen LogP contribution in [0.2, 0.25) is 0 Å². The molecule has 0 radical (unpaired) electrons. The molecule has 1 atom stereocenters. The molecule has 0 amide bonds. The lowest BCUT2D eigenvalue weighted by molar-refractivity contribution is -0.380. The van der Waals surface area contributed by atoms with Crippen molar-refractivity contribution in [2.75, 3.05) is 19.7 Å². The van der Waals surface area contributed by atoms with Gasteiger partial charge in [-0.1, -0.05) is 11.3 Å².